The molecule has 8 heteroatoms. The monoisotopic (exact) mass is 353 g/mol. The minimum absolute atomic E-state index is 0.377. The molecule has 1 rings (SSSR count). The van der Waals surface area contributed by atoms with E-state index < -0.39 is 30.6 Å². The molecule has 0 aliphatic heterocycles. The van der Waals surface area contributed by atoms with Crippen molar-refractivity contribution < 1.29 is 19.1 Å². The number of esters is 1. The average molecular weight is 353 g/mol. The molecule has 132 valence electrons. The van der Waals surface area contributed by atoms with E-state index in [-0.39, 0.29) is 0 Å². The van der Waals surface area contributed by atoms with Crippen LogP contribution in [0.1, 0.15) is 17.5 Å². The smallest absolute Gasteiger partial charge is 0.329 e. The molecule has 1 aromatic carbocycles. The van der Waals surface area contributed by atoms with E-state index in [0.29, 0.717) is 17.9 Å². The number of thioether (sulfide) groups is 1. The van der Waals surface area contributed by atoms with Crippen LogP contribution in [0.15, 0.2) is 18.2 Å². The Morgan fingerprint density at radius 3 is 2.62 bits per heavy atom. The summed E-state index contributed by atoms with van der Waals surface area (Å²) in [7, 11) is 0. The van der Waals surface area contributed by atoms with Gasteiger partial charge < -0.3 is 21.1 Å². The highest BCUT2D eigenvalue weighted by atomic mass is 32.2. The normalized spacial score (nSPS) is 11.5. The fourth-order valence-corrected chi connectivity index (χ4v) is 2.42. The van der Waals surface area contributed by atoms with Gasteiger partial charge in [-0.2, -0.15) is 11.8 Å². The third-order valence-corrected chi connectivity index (χ3v) is 3.87. The molecule has 0 heterocycles. The first-order valence-corrected chi connectivity index (χ1v) is 8.81. The van der Waals surface area contributed by atoms with Crippen LogP contribution in [0, 0.1) is 13.8 Å². The van der Waals surface area contributed by atoms with Gasteiger partial charge in [-0.05, 0) is 49.5 Å². The highest BCUT2D eigenvalue weighted by Crippen LogP contribution is 2.16. The standard InChI is InChI=1S/C16H23N3O4S/c1-10-4-5-11(2)13(8-10)18-14(20)9-23-15(21)12(6-7-24-3)19-16(17)22/h4-5,8,12H,6-7,9H2,1-3H3,(H,18,20)(H3,17,19,22)/t12-/m0/s1. The summed E-state index contributed by atoms with van der Waals surface area (Å²) < 4.78 is 4.98. The van der Waals surface area contributed by atoms with Crippen molar-refractivity contribution in [1.82, 2.24) is 5.32 Å². The molecule has 0 saturated carbocycles. The Kier molecular flexibility index (Phi) is 8.11. The lowest BCUT2D eigenvalue weighted by atomic mass is 10.1. The van der Waals surface area contributed by atoms with Crippen molar-refractivity contribution in [3.05, 3.63) is 29.3 Å². The van der Waals surface area contributed by atoms with Gasteiger partial charge in [0.2, 0.25) is 0 Å². The number of benzene rings is 1. The predicted molar refractivity (Wildman–Crippen MR) is 95.0 cm³/mol. The number of nitrogens with one attached hydrogen (secondary N) is 2. The summed E-state index contributed by atoms with van der Waals surface area (Å²) in [5.74, 6) is -0.479. The highest BCUT2D eigenvalue weighted by Gasteiger charge is 2.21. The number of nitrogens with two attached hydrogens (primary N) is 1. The minimum Gasteiger partial charge on any atom is -0.454 e. The zero-order valence-electron chi connectivity index (χ0n) is 14.0. The Morgan fingerprint density at radius 2 is 2.00 bits per heavy atom. The largest absolute Gasteiger partial charge is 0.454 e. The SMILES string of the molecule is CSCC[C@H](NC(N)=O)C(=O)OCC(=O)Nc1cc(C)ccc1C. The maximum atomic E-state index is 12.0. The number of primary amides is 1. The number of hydrogen-bond acceptors (Lipinski definition) is 5. The van der Waals surface area contributed by atoms with Gasteiger partial charge >= 0.3 is 12.0 Å². The molecule has 0 fully saturated rings. The van der Waals surface area contributed by atoms with E-state index in [0.717, 1.165) is 11.1 Å². The molecule has 1 atom stereocenters. The van der Waals surface area contributed by atoms with Crippen molar-refractivity contribution in [3.8, 4) is 0 Å². The molecule has 1 aromatic rings. The maximum absolute atomic E-state index is 12.0. The Bertz CT molecular complexity index is 607. The lowest BCUT2D eigenvalue weighted by molar-refractivity contribution is -0.149. The molecule has 0 unspecified atom stereocenters. The van der Waals surface area contributed by atoms with Crippen LogP contribution in [0.25, 0.3) is 0 Å². The van der Waals surface area contributed by atoms with E-state index in [1.165, 1.54) is 11.8 Å². The van der Waals surface area contributed by atoms with E-state index in [4.69, 9.17) is 10.5 Å². The molecular weight excluding hydrogens is 330 g/mol. The van der Waals surface area contributed by atoms with E-state index in [9.17, 15) is 14.4 Å². The molecular formula is C16H23N3O4S. The summed E-state index contributed by atoms with van der Waals surface area (Å²) in [5.41, 5.74) is 7.64. The van der Waals surface area contributed by atoms with E-state index >= 15 is 0 Å². The number of urea groups is 1. The number of ether oxygens (including phenoxy) is 1. The van der Waals surface area contributed by atoms with Crippen LogP contribution >= 0.6 is 11.8 Å². The summed E-state index contributed by atoms with van der Waals surface area (Å²) in [4.78, 5) is 34.9. The molecule has 3 amide bonds. The summed E-state index contributed by atoms with van der Waals surface area (Å²) in [6, 6.07) is 4.01. The van der Waals surface area contributed by atoms with Gasteiger partial charge in [0.05, 0.1) is 0 Å². The lowest BCUT2D eigenvalue weighted by Crippen LogP contribution is -2.45. The quantitative estimate of drug-likeness (QED) is 0.615. The summed E-state index contributed by atoms with van der Waals surface area (Å²) in [6.45, 7) is 3.36. The molecule has 4 N–H and O–H groups in total. The Balaban J connectivity index is 2.55. The molecule has 0 aliphatic rings. The van der Waals surface area contributed by atoms with Crippen molar-refractivity contribution in [2.45, 2.75) is 26.3 Å². The second kappa shape index (κ2) is 9.82. The third-order valence-electron chi connectivity index (χ3n) is 3.22. The number of carbonyl (C=O) groups excluding carboxylic acids is 3. The van der Waals surface area contributed by atoms with Crippen LogP contribution in [0.4, 0.5) is 10.5 Å². The van der Waals surface area contributed by atoms with Crippen LogP contribution in [-0.4, -0.2) is 42.6 Å². The topological polar surface area (TPSA) is 111 Å². The first-order chi connectivity index (χ1) is 11.3. The van der Waals surface area contributed by atoms with Gasteiger partial charge in [0, 0.05) is 5.69 Å². The van der Waals surface area contributed by atoms with Crippen LogP contribution in [0.5, 0.6) is 0 Å². The van der Waals surface area contributed by atoms with E-state index in [1.807, 2.05) is 38.3 Å². The second-order valence-corrected chi connectivity index (χ2v) is 6.30. The van der Waals surface area contributed by atoms with Crippen molar-refractivity contribution in [2.24, 2.45) is 5.73 Å². The maximum Gasteiger partial charge on any atom is 0.329 e. The molecule has 0 aliphatic carbocycles. The zero-order valence-corrected chi connectivity index (χ0v) is 14.9. The van der Waals surface area contributed by atoms with E-state index in [1.54, 1.807) is 0 Å². The summed E-state index contributed by atoms with van der Waals surface area (Å²) >= 11 is 1.52. The van der Waals surface area contributed by atoms with Gasteiger partial charge in [0.25, 0.3) is 5.91 Å². The van der Waals surface area contributed by atoms with Gasteiger partial charge in [0.1, 0.15) is 6.04 Å². The first-order valence-electron chi connectivity index (χ1n) is 7.42. The van der Waals surface area contributed by atoms with Gasteiger partial charge in [-0.3, -0.25) is 4.79 Å². The van der Waals surface area contributed by atoms with Crippen molar-refractivity contribution >= 4 is 35.4 Å². The number of aryl methyl sites for hydroxylation is 2. The van der Waals surface area contributed by atoms with Crippen LogP contribution in [0.3, 0.4) is 0 Å². The lowest BCUT2D eigenvalue weighted by Gasteiger charge is -2.16. The van der Waals surface area contributed by atoms with Crippen molar-refractivity contribution in [3.63, 3.8) is 0 Å². The van der Waals surface area contributed by atoms with E-state index in [2.05, 4.69) is 10.6 Å². The van der Waals surface area contributed by atoms with Crippen LogP contribution in [0.2, 0.25) is 0 Å². The van der Waals surface area contributed by atoms with Gasteiger partial charge in [0.15, 0.2) is 6.61 Å². The average Bonchev–Trinajstić information content (AvgIpc) is 2.52. The van der Waals surface area contributed by atoms with Crippen molar-refractivity contribution in [2.75, 3.05) is 23.9 Å². The van der Waals surface area contributed by atoms with Crippen LogP contribution in [-0.2, 0) is 14.3 Å². The molecule has 0 spiro atoms. The number of anilines is 1. The van der Waals surface area contributed by atoms with Gasteiger partial charge in [-0.15, -0.1) is 0 Å². The zero-order chi connectivity index (χ0) is 18.1. The number of amides is 3. The number of rotatable bonds is 8. The molecule has 0 radical (unpaired) electrons. The molecule has 24 heavy (non-hydrogen) atoms. The minimum atomic E-state index is -0.858. The number of hydrogen-bond donors (Lipinski definition) is 3. The third kappa shape index (κ3) is 6.91. The fraction of sp³-hybridized carbons (Fsp3) is 0.438. The molecule has 0 saturated heterocycles. The van der Waals surface area contributed by atoms with Gasteiger partial charge in [-0.25, -0.2) is 9.59 Å². The molecule has 0 aromatic heterocycles. The fourth-order valence-electron chi connectivity index (χ4n) is 1.95. The van der Waals surface area contributed by atoms with Crippen molar-refractivity contribution in [1.29, 1.82) is 0 Å². The first kappa shape index (κ1) is 19.8. The Morgan fingerprint density at radius 1 is 1.29 bits per heavy atom. The molecule has 7 nitrogen and oxygen atoms in total. The number of carbonyl (C=O) groups is 3. The predicted octanol–water partition coefficient (Wildman–Crippen LogP) is 1.58. The second-order valence-electron chi connectivity index (χ2n) is 5.32. The molecule has 0 bridgehead atoms. The summed E-state index contributed by atoms with van der Waals surface area (Å²) in [5, 5.41) is 5.02. The summed E-state index contributed by atoms with van der Waals surface area (Å²) in [6.07, 6.45) is 2.26. The Labute approximate surface area is 145 Å². The van der Waals surface area contributed by atoms with Crippen LogP contribution < -0.4 is 16.4 Å². The van der Waals surface area contributed by atoms with Gasteiger partial charge in [-0.1, -0.05) is 12.1 Å². The highest BCUT2D eigenvalue weighted by molar-refractivity contribution is 7.98. The Hall–Kier alpha value is -2.22.